The first kappa shape index (κ1) is 12.2. The molecular weight excluding hydrogens is 264 g/mol. The molecule has 0 heterocycles. The highest BCUT2D eigenvalue weighted by Crippen LogP contribution is 1.91. The third-order valence-corrected chi connectivity index (χ3v) is 5.37. The van der Waals surface area contributed by atoms with E-state index >= 15 is 0 Å². The van der Waals surface area contributed by atoms with E-state index in [9.17, 15) is 0 Å². The summed E-state index contributed by atoms with van der Waals surface area (Å²) in [4.78, 5) is 0. The van der Waals surface area contributed by atoms with Gasteiger partial charge in [0.05, 0.1) is 8.80 Å². The molecule has 0 radical (unpaired) electrons. The molecule has 0 fully saturated rings. The van der Waals surface area contributed by atoms with E-state index in [1.807, 2.05) is 0 Å². The first-order valence-corrected chi connectivity index (χ1v) is 7.29. The van der Waals surface area contributed by atoms with E-state index in [0.717, 1.165) is 0 Å². The smallest absolute Gasteiger partial charge is 0.0997 e. The molecule has 2 aromatic carbocycles. The highest BCUT2D eigenvalue weighted by molar-refractivity contribution is 8.93. The zero-order valence-electron chi connectivity index (χ0n) is 8.76. The minimum atomic E-state index is -0.919. The Morgan fingerprint density at radius 1 is 0.667 bits per heavy atom. The molecule has 0 N–H and O–H groups in total. The molecule has 2 aromatic rings. The summed E-state index contributed by atoms with van der Waals surface area (Å²) in [5, 5.41) is 3.03. The van der Waals surface area contributed by atoms with E-state index in [1.165, 1.54) is 10.4 Å². The second kappa shape index (κ2) is 5.88. The lowest BCUT2D eigenvalue weighted by Gasteiger charge is -2.09. The van der Waals surface area contributed by atoms with Crippen LogP contribution in [0.1, 0.15) is 0 Å². The summed E-state index contributed by atoms with van der Waals surface area (Å²) in [6, 6.07) is 21.6. The van der Waals surface area contributed by atoms with Crippen LogP contribution in [0.3, 0.4) is 0 Å². The summed E-state index contributed by atoms with van der Waals surface area (Å²) < 4.78 is 0. The molecule has 0 aliphatic rings. The molecule has 0 atom stereocenters. The first-order valence-electron chi connectivity index (χ1n) is 4.98. The van der Waals surface area contributed by atoms with Gasteiger partial charge in [-0.1, -0.05) is 77.6 Å². The van der Waals surface area contributed by atoms with Crippen LogP contribution in [0.2, 0.25) is 6.55 Å². The van der Waals surface area contributed by atoms with Crippen molar-refractivity contribution >= 4 is 36.2 Å². The fourth-order valence-corrected chi connectivity index (χ4v) is 3.66. The van der Waals surface area contributed by atoms with Gasteiger partial charge >= 0.3 is 0 Å². The third-order valence-electron chi connectivity index (χ3n) is 2.60. The summed E-state index contributed by atoms with van der Waals surface area (Å²) in [5.74, 6) is 0. The van der Waals surface area contributed by atoms with Gasteiger partial charge < -0.3 is 0 Å². The molecule has 0 amide bonds. The number of hydrogen-bond donors (Lipinski definition) is 0. The third kappa shape index (κ3) is 3.04. The quantitative estimate of drug-likeness (QED) is 0.740. The lowest BCUT2D eigenvalue weighted by atomic mass is 10.4. The molecule has 0 aromatic heterocycles. The lowest BCUT2D eigenvalue weighted by molar-refractivity contribution is 1.72. The van der Waals surface area contributed by atoms with Gasteiger partial charge in [0.2, 0.25) is 0 Å². The van der Waals surface area contributed by atoms with Crippen LogP contribution in [0.5, 0.6) is 0 Å². The van der Waals surface area contributed by atoms with Crippen LogP contribution in [-0.2, 0) is 0 Å². The molecule has 0 saturated heterocycles. The maximum absolute atomic E-state index is 2.38. The van der Waals surface area contributed by atoms with Gasteiger partial charge in [0.1, 0.15) is 0 Å². The van der Waals surface area contributed by atoms with Crippen molar-refractivity contribution in [2.24, 2.45) is 0 Å². The van der Waals surface area contributed by atoms with Crippen molar-refractivity contribution in [3.8, 4) is 0 Å². The molecule has 78 valence electrons. The van der Waals surface area contributed by atoms with Crippen LogP contribution in [0.15, 0.2) is 60.7 Å². The Hall–Kier alpha value is -0.863. The van der Waals surface area contributed by atoms with E-state index < -0.39 is 8.80 Å². The van der Waals surface area contributed by atoms with Gasteiger partial charge in [0, 0.05) is 0 Å². The zero-order chi connectivity index (χ0) is 9.80. The number of benzene rings is 2. The Kier molecular flexibility index (Phi) is 4.79. The standard InChI is InChI=1S/C13H14Si.BrH/c1-14(12-8-4-2-5-9-12)13-10-6-3-7-11-13;/h2-11,14H,1H3;1H. The van der Waals surface area contributed by atoms with Crippen molar-refractivity contribution in [3.63, 3.8) is 0 Å². The van der Waals surface area contributed by atoms with Crippen molar-refractivity contribution in [3.05, 3.63) is 60.7 Å². The summed E-state index contributed by atoms with van der Waals surface area (Å²) in [7, 11) is -0.919. The fraction of sp³-hybridized carbons (Fsp3) is 0.0769. The Balaban J connectivity index is 0.00000112. The highest BCUT2D eigenvalue weighted by atomic mass is 79.9. The molecule has 0 aliphatic carbocycles. The average molecular weight is 279 g/mol. The van der Waals surface area contributed by atoms with Gasteiger partial charge in [0.25, 0.3) is 0 Å². The highest BCUT2D eigenvalue weighted by Gasteiger charge is 2.07. The van der Waals surface area contributed by atoms with Gasteiger partial charge in [0.15, 0.2) is 0 Å². The van der Waals surface area contributed by atoms with E-state index in [0.29, 0.717) is 0 Å². The Bertz CT molecular complexity index is 346. The number of hydrogen-bond acceptors (Lipinski definition) is 0. The van der Waals surface area contributed by atoms with Crippen LogP contribution >= 0.6 is 17.0 Å². The van der Waals surface area contributed by atoms with Crippen LogP contribution in [0.4, 0.5) is 0 Å². The van der Waals surface area contributed by atoms with Crippen LogP contribution in [0.25, 0.3) is 0 Å². The normalized spacial score (nSPS) is 9.73. The van der Waals surface area contributed by atoms with E-state index in [2.05, 4.69) is 67.2 Å². The predicted molar refractivity (Wildman–Crippen MR) is 75.5 cm³/mol. The van der Waals surface area contributed by atoms with Crippen molar-refractivity contribution in [1.82, 2.24) is 0 Å². The Morgan fingerprint density at radius 2 is 1.00 bits per heavy atom. The molecule has 0 nitrogen and oxygen atoms in total. The van der Waals surface area contributed by atoms with Crippen LogP contribution < -0.4 is 10.4 Å². The zero-order valence-corrected chi connectivity index (χ0v) is 11.6. The van der Waals surface area contributed by atoms with Gasteiger partial charge in [-0.3, -0.25) is 0 Å². The van der Waals surface area contributed by atoms with Gasteiger partial charge in [-0.15, -0.1) is 17.0 Å². The van der Waals surface area contributed by atoms with Crippen molar-refractivity contribution < 1.29 is 0 Å². The SMILES string of the molecule is Br.C[SiH](c1ccccc1)c1ccccc1. The summed E-state index contributed by atoms with van der Waals surface area (Å²) in [6.07, 6.45) is 0. The Morgan fingerprint density at radius 3 is 1.33 bits per heavy atom. The summed E-state index contributed by atoms with van der Waals surface area (Å²) in [6.45, 7) is 2.38. The summed E-state index contributed by atoms with van der Waals surface area (Å²) in [5.41, 5.74) is 0. The first-order chi connectivity index (χ1) is 6.88. The van der Waals surface area contributed by atoms with E-state index in [4.69, 9.17) is 0 Å². The molecule has 0 aliphatic heterocycles. The van der Waals surface area contributed by atoms with Crippen LogP contribution in [-0.4, -0.2) is 8.80 Å². The van der Waals surface area contributed by atoms with Crippen molar-refractivity contribution in [2.45, 2.75) is 6.55 Å². The topological polar surface area (TPSA) is 0 Å². The molecule has 0 bridgehead atoms. The fourth-order valence-electron chi connectivity index (χ4n) is 1.68. The van der Waals surface area contributed by atoms with Crippen molar-refractivity contribution in [1.29, 1.82) is 0 Å². The van der Waals surface area contributed by atoms with E-state index in [-0.39, 0.29) is 17.0 Å². The second-order valence-corrected chi connectivity index (χ2v) is 6.32. The van der Waals surface area contributed by atoms with Gasteiger partial charge in [-0.25, -0.2) is 0 Å². The summed E-state index contributed by atoms with van der Waals surface area (Å²) >= 11 is 0. The van der Waals surface area contributed by atoms with Gasteiger partial charge in [-0.2, -0.15) is 0 Å². The lowest BCUT2D eigenvalue weighted by Crippen LogP contribution is -2.38. The minimum absolute atomic E-state index is 0. The molecule has 0 saturated carbocycles. The van der Waals surface area contributed by atoms with Crippen LogP contribution in [0, 0.1) is 0 Å². The Labute approximate surface area is 103 Å². The number of halogens is 1. The number of rotatable bonds is 2. The minimum Gasteiger partial charge on any atom is -0.114 e. The molecule has 2 heteroatoms. The molecule has 0 spiro atoms. The maximum atomic E-state index is 2.38. The molecule has 15 heavy (non-hydrogen) atoms. The second-order valence-electron chi connectivity index (χ2n) is 3.54. The predicted octanol–water partition coefficient (Wildman–Crippen LogP) is 2.24. The molecule has 0 unspecified atom stereocenters. The van der Waals surface area contributed by atoms with Gasteiger partial charge in [-0.05, 0) is 0 Å². The monoisotopic (exact) mass is 278 g/mol. The maximum Gasteiger partial charge on any atom is 0.0997 e. The average Bonchev–Trinajstić information content (AvgIpc) is 2.30. The van der Waals surface area contributed by atoms with E-state index in [1.54, 1.807) is 0 Å². The largest absolute Gasteiger partial charge is 0.114 e. The van der Waals surface area contributed by atoms with Crippen molar-refractivity contribution in [2.75, 3.05) is 0 Å². The molecule has 2 rings (SSSR count). The molecular formula is C13H15BrSi.